The molecule has 0 saturated carbocycles. The van der Waals surface area contributed by atoms with Crippen LogP contribution >= 0.6 is 0 Å². The van der Waals surface area contributed by atoms with E-state index in [0.717, 1.165) is 26.1 Å². The van der Waals surface area contributed by atoms with Crippen LogP contribution < -0.4 is 5.32 Å². The molecule has 13 heavy (non-hydrogen) atoms. The molecular weight excluding hydrogens is 164 g/mol. The van der Waals surface area contributed by atoms with E-state index < -0.39 is 0 Å². The highest BCUT2D eigenvalue weighted by Crippen LogP contribution is 2.28. The van der Waals surface area contributed by atoms with Gasteiger partial charge in [0.1, 0.15) is 0 Å². The van der Waals surface area contributed by atoms with Crippen LogP contribution in [0.5, 0.6) is 0 Å². The van der Waals surface area contributed by atoms with Gasteiger partial charge >= 0.3 is 6.03 Å². The molecule has 76 valence electrons. The zero-order chi connectivity index (χ0) is 9.90. The molecular formula is C10H20N2O. The normalized spacial score (nSPS) is 21.3. The Bertz CT molecular complexity index is 189. The lowest BCUT2D eigenvalue weighted by Crippen LogP contribution is -2.47. The first-order chi connectivity index (χ1) is 6.05. The quantitative estimate of drug-likeness (QED) is 0.662. The monoisotopic (exact) mass is 184 g/mol. The maximum Gasteiger partial charge on any atom is 0.317 e. The van der Waals surface area contributed by atoms with Crippen LogP contribution in [0.4, 0.5) is 4.79 Å². The van der Waals surface area contributed by atoms with Crippen molar-refractivity contribution in [1.82, 2.24) is 10.2 Å². The third kappa shape index (κ3) is 2.90. The zero-order valence-electron chi connectivity index (χ0n) is 8.89. The van der Waals surface area contributed by atoms with Crippen LogP contribution in [0.2, 0.25) is 0 Å². The molecule has 0 aliphatic carbocycles. The maximum absolute atomic E-state index is 11.5. The summed E-state index contributed by atoms with van der Waals surface area (Å²) in [5.41, 5.74) is 0.295. The Morgan fingerprint density at radius 3 is 2.77 bits per heavy atom. The Kier molecular flexibility index (Phi) is 3.17. The summed E-state index contributed by atoms with van der Waals surface area (Å²) in [5, 5.41) is 2.84. The van der Waals surface area contributed by atoms with E-state index in [1.807, 2.05) is 11.8 Å². The Hall–Kier alpha value is -0.730. The Morgan fingerprint density at radius 1 is 1.54 bits per heavy atom. The number of nitrogens with one attached hydrogen (secondary N) is 1. The fourth-order valence-electron chi connectivity index (χ4n) is 1.86. The van der Waals surface area contributed by atoms with Crippen molar-refractivity contribution in [3.05, 3.63) is 0 Å². The summed E-state index contributed by atoms with van der Waals surface area (Å²) >= 11 is 0. The van der Waals surface area contributed by atoms with Gasteiger partial charge in [-0.05, 0) is 25.2 Å². The molecule has 2 amide bonds. The van der Waals surface area contributed by atoms with E-state index in [1.54, 1.807) is 0 Å². The predicted octanol–water partition coefficient (Wildman–Crippen LogP) is 1.84. The van der Waals surface area contributed by atoms with E-state index in [9.17, 15) is 4.79 Å². The van der Waals surface area contributed by atoms with Gasteiger partial charge in [-0.1, -0.05) is 13.8 Å². The molecule has 1 heterocycles. The molecule has 0 aromatic heterocycles. The van der Waals surface area contributed by atoms with Crippen molar-refractivity contribution in [2.45, 2.75) is 33.6 Å². The van der Waals surface area contributed by atoms with E-state index in [2.05, 4.69) is 19.2 Å². The summed E-state index contributed by atoms with van der Waals surface area (Å²) in [5.74, 6) is 0. The van der Waals surface area contributed by atoms with Crippen molar-refractivity contribution in [1.29, 1.82) is 0 Å². The van der Waals surface area contributed by atoms with Crippen molar-refractivity contribution in [2.24, 2.45) is 5.41 Å². The molecule has 1 saturated heterocycles. The van der Waals surface area contributed by atoms with Crippen LogP contribution in [0.25, 0.3) is 0 Å². The number of piperidine rings is 1. The lowest BCUT2D eigenvalue weighted by atomic mass is 9.84. The average molecular weight is 184 g/mol. The lowest BCUT2D eigenvalue weighted by molar-refractivity contribution is 0.130. The van der Waals surface area contributed by atoms with Crippen molar-refractivity contribution in [2.75, 3.05) is 19.6 Å². The fraction of sp³-hybridized carbons (Fsp3) is 0.900. The summed E-state index contributed by atoms with van der Waals surface area (Å²) in [6.45, 7) is 8.91. The van der Waals surface area contributed by atoms with Gasteiger partial charge in [0.25, 0.3) is 0 Å². The molecule has 3 heteroatoms. The third-order valence-electron chi connectivity index (χ3n) is 2.52. The summed E-state index contributed by atoms with van der Waals surface area (Å²) in [6, 6.07) is 0.0928. The minimum atomic E-state index is 0.0928. The number of likely N-dealkylation sites (tertiary alicyclic amines) is 1. The smallest absolute Gasteiger partial charge is 0.317 e. The molecule has 0 aromatic carbocycles. The van der Waals surface area contributed by atoms with Crippen LogP contribution in [0.15, 0.2) is 0 Å². The largest absolute Gasteiger partial charge is 0.338 e. The Balaban J connectivity index is 2.47. The van der Waals surface area contributed by atoms with E-state index in [4.69, 9.17) is 0 Å². The molecule has 0 radical (unpaired) electrons. The third-order valence-corrected chi connectivity index (χ3v) is 2.52. The number of amides is 2. The van der Waals surface area contributed by atoms with Gasteiger partial charge in [0.2, 0.25) is 0 Å². The lowest BCUT2D eigenvalue weighted by Gasteiger charge is -2.37. The second-order valence-electron chi connectivity index (χ2n) is 4.52. The second kappa shape index (κ2) is 3.99. The number of carbonyl (C=O) groups excluding carboxylic acids is 1. The van der Waals surface area contributed by atoms with E-state index >= 15 is 0 Å². The molecule has 0 aromatic rings. The highest BCUT2D eigenvalue weighted by molar-refractivity contribution is 5.74. The van der Waals surface area contributed by atoms with Crippen molar-refractivity contribution in [3.8, 4) is 0 Å². The number of carbonyl (C=O) groups is 1. The number of urea groups is 1. The molecule has 0 atom stereocenters. The first-order valence-corrected chi connectivity index (χ1v) is 5.08. The zero-order valence-corrected chi connectivity index (χ0v) is 8.89. The summed E-state index contributed by atoms with van der Waals surface area (Å²) in [4.78, 5) is 13.4. The SMILES string of the molecule is CCNC(=O)N1CCCC(C)(C)C1. The van der Waals surface area contributed by atoms with E-state index in [-0.39, 0.29) is 6.03 Å². The molecule has 1 rings (SSSR count). The summed E-state index contributed by atoms with van der Waals surface area (Å²) in [7, 11) is 0. The van der Waals surface area contributed by atoms with Crippen molar-refractivity contribution < 1.29 is 4.79 Å². The van der Waals surface area contributed by atoms with Crippen LogP contribution in [-0.4, -0.2) is 30.6 Å². The first-order valence-electron chi connectivity index (χ1n) is 5.08. The van der Waals surface area contributed by atoms with Gasteiger partial charge in [-0.2, -0.15) is 0 Å². The first kappa shape index (κ1) is 10.4. The second-order valence-corrected chi connectivity index (χ2v) is 4.52. The standard InChI is InChI=1S/C10H20N2O/c1-4-11-9(13)12-7-5-6-10(2,3)8-12/h4-8H2,1-3H3,(H,11,13). The average Bonchev–Trinajstić information content (AvgIpc) is 2.03. The van der Waals surface area contributed by atoms with Crippen LogP contribution in [0, 0.1) is 5.41 Å². The Morgan fingerprint density at radius 2 is 2.23 bits per heavy atom. The van der Waals surface area contributed by atoms with Gasteiger partial charge in [-0.25, -0.2) is 4.79 Å². The molecule has 1 aliphatic rings. The van der Waals surface area contributed by atoms with E-state index in [0.29, 0.717) is 5.41 Å². The summed E-state index contributed by atoms with van der Waals surface area (Å²) in [6.07, 6.45) is 2.35. The fourth-order valence-corrected chi connectivity index (χ4v) is 1.86. The minimum Gasteiger partial charge on any atom is -0.338 e. The van der Waals surface area contributed by atoms with Gasteiger partial charge in [-0.3, -0.25) is 0 Å². The van der Waals surface area contributed by atoms with Crippen LogP contribution in [0.1, 0.15) is 33.6 Å². The number of hydrogen-bond donors (Lipinski definition) is 1. The van der Waals surface area contributed by atoms with Crippen molar-refractivity contribution in [3.63, 3.8) is 0 Å². The topological polar surface area (TPSA) is 32.3 Å². The molecule has 0 spiro atoms. The van der Waals surface area contributed by atoms with Crippen LogP contribution in [0.3, 0.4) is 0 Å². The predicted molar refractivity (Wildman–Crippen MR) is 53.7 cm³/mol. The Labute approximate surface area is 80.5 Å². The van der Waals surface area contributed by atoms with Crippen LogP contribution in [-0.2, 0) is 0 Å². The molecule has 1 fully saturated rings. The maximum atomic E-state index is 11.5. The molecule has 3 nitrogen and oxygen atoms in total. The highest BCUT2D eigenvalue weighted by Gasteiger charge is 2.28. The number of rotatable bonds is 1. The van der Waals surface area contributed by atoms with Gasteiger partial charge in [-0.15, -0.1) is 0 Å². The minimum absolute atomic E-state index is 0.0928. The molecule has 1 aliphatic heterocycles. The number of nitrogens with zero attached hydrogens (tertiary/aromatic N) is 1. The van der Waals surface area contributed by atoms with Gasteiger partial charge in [0, 0.05) is 19.6 Å². The van der Waals surface area contributed by atoms with E-state index in [1.165, 1.54) is 6.42 Å². The van der Waals surface area contributed by atoms with Gasteiger partial charge in [0.15, 0.2) is 0 Å². The molecule has 0 unspecified atom stereocenters. The molecule has 0 bridgehead atoms. The van der Waals surface area contributed by atoms with Crippen molar-refractivity contribution >= 4 is 6.03 Å². The van der Waals surface area contributed by atoms with Gasteiger partial charge in [0.05, 0.1) is 0 Å². The van der Waals surface area contributed by atoms with Gasteiger partial charge < -0.3 is 10.2 Å². The number of hydrogen-bond acceptors (Lipinski definition) is 1. The molecule has 1 N–H and O–H groups in total. The highest BCUT2D eigenvalue weighted by atomic mass is 16.2. The summed E-state index contributed by atoms with van der Waals surface area (Å²) < 4.78 is 0.